The van der Waals surface area contributed by atoms with Gasteiger partial charge >= 0.3 is 0 Å². The molecule has 0 fully saturated rings. The van der Waals surface area contributed by atoms with Gasteiger partial charge in [-0.15, -0.1) is 0 Å². The van der Waals surface area contributed by atoms with Gasteiger partial charge in [0, 0.05) is 0 Å². The molecule has 21 heavy (non-hydrogen) atoms. The SMILES string of the molecule is COc1cc(C)c(C(C)(O)c2ccc(C#N)cc2)cc1C. The van der Waals surface area contributed by atoms with E-state index in [1.165, 1.54) is 0 Å². The Morgan fingerprint density at radius 3 is 2.24 bits per heavy atom. The maximum atomic E-state index is 11.0. The van der Waals surface area contributed by atoms with Crippen molar-refractivity contribution in [1.29, 1.82) is 5.26 Å². The highest BCUT2D eigenvalue weighted by Crippen LogP contribution is 2.34. The number of rotatable bonds is 3. The van der Waals surface area contributed by atoms with Crippen LogP contribution in [-0.4, -0.2) is 12.2 Å². The molecule has 0 saturated carbocycles. The van der Waals surface area contributed by atoms with Crippen LogP contribution in [0.15, 0.2) is 36.4 Å². The van der Waals surface area contributed by atoms with Gasteiger partial charge in [-0.1, -0.05) is 12.1 Å². The van der Waals surface area contributed by atoms with Crippen molar-refractivity contribution in [2.75, 3.05) is 7.11 Å². The summed E-state index contributed by atoms with van der Waals surface area (Å²) in [4.78, 5) is 0. The Labute approximate surface area is 125 Å². The Hall–Kier alpha value is -2.31. The fourth-order valence-corrected chi connectivity index (χ4v) is 2.56. The highest BCUT2D eigenvalue weighted by atomic mass is 16.5. The number of aliphatic hydroxyl groups is 1. The second kappa shape index (κ2) is 5.59. The van der Waals surface area contributed by atoms with Gasteiger partial charge < -0.3 is 9.84 Å². The highest BCUT2D eigenvalue weighted by Gasteiger charge is 2.28. The van der Waals surface area contributed by atoms with Crippen LogP contribution >= 0.6 is 0 Å². The molecular weight excluding hydrogens is 262 g/mol. The molecule has 0 saturated heterocycles. The number of hydrogen-bond donors (Lipinski definition) is 1. The van der Waals surface area contributed by atoms with Gasteiger partial charge in [0.15, 0.2) is 0 Å². The van der Waals surface area contributed by atoms with Crippen LogP contribution in [-0.2, 0) is 5.60 Å². The molecule has 0 aliphatic carbocycles. The van der Waals surface area contributed by atoms with Crippen LogP contribution in [0.5, 0.6) is 5.75 Å². The molecule has 2 aromatic carbocycles. The fourth-order valence-electron chi connectivity index (χ4n) is 2.56. The van der Waals surface area contributed by atoms with Crippen molar-refractivity contribution in [2.45, 2.75) is 26.4 Å². The van der Waals surface area contributed by atoms with Crippen LogP contribution in [0.2, 0.25) is 0 Å². The highest BCUT2D eigenvalue weighted by molar-refractivity contribution is 5.48. The normalized spacial score (nSPS) is 13.3. The molecule has 1 atom stereocenters. The van der Waals surface area contributed by atoms with E-state index in [0.29, 0.717) is 5.56 Å². The minimum absolute atomic E-state index is 0.581. The van der Waals surface area contributed by atoms with Gasteiger partial charge in [-0.2, -0.15) is 5.26 Å². The first-order valence-corrected chi connectivity index (χ1v) is 6.79. The zero-order valence-corrected chi connectivity index (χ0v) is 12.8. The van der Waals surface area contributed by atoms with Gasteiger partial charge in [0.1, 0.15) is 11.4 Å². The molecule has 1 unspecified atom stereocenters. The molecule has 0 bridgehead atoms. The first kappa shape index (κ1) is 15.1. The number of aryl methyl sites for hydroxylation is 2. The first-order chi connectivity index (χ1) is 9.90. The molecule has 0 aromatic heterocycles. The van der Waals surface area contributed by atoms with E-state index in [0.717, 1.165) is 28.0 Å². The lowest BCUT2D eigenvalue weighted by Gasteiger charge is -2.27. The minimum Gasteiger partial charge on any atom is -0.496 e. The van der Waals surface area contributed by atoms with E-state index >= 15 is 0 Å². The Balaban J connectivity index is 2.52. The average Bonchev–Trinajstić information content (AvgIpc) is 2.49. The maximum absolute atomic E-state index is 11.0. The molecule has 0 spiro atoms. The summed E-state index contributed by atoms with van der Waals surface area (Å²) >= 11 is 0. The molecule has 0 aliphatic heterocycles. The molecule has 0 heterocycles. The van der Waals surface area contributed by atoms with E-state index in [1.54, 1.807) is 38.3 Å². The molecule has 1 N–H and O–H groups in total. The number of nitriles is 1. The maximum Gasteiger partial charge on any atom is 0.122 e. The number of nitrogens with zero attached hydrogens (tertiary/aromatic N) is 1. The molecule has 2 rings (SSSR count). The second-order valence-electron chi connectivity index (χ2n) is 5.40. The van der Waals surface area contributed by atoms with Gasteiger partial charge in [-0.25, -0.2) is 0 Å². The third kappa shape index (κ3) is 2.76. The average molecular weight is 281 g/mol. The third-order valence-electron chi connectivity index (χ3n) is 3.84. The molecular formula is C18H19NO2. The first-order valence-electron chi connectivity index (χ1n) is 6.79. The van der Waals surface area contributed by atoms with Crippen molar-refractivity contribution in [3.8, 4) is 11.8 Å². The van der Waals surface area contributed by atoms with E-state index in [1.807, 2.05) is 26.0 Å². The van der Waals surface area contributed by atoms with Crippen molar-refractivity contribution in [3.05, 3.63) is 64.2 Å². The summed E-state index contributed by atoms with van der Waals surface area (Å²) in [6, 6.07) is 13.0. The molecule has 3 heteroatoms. The summed E-state index contributed by atoms with van der Waals surface area (Å²) in [5.74, 6) is 0.812. The minimum atomic E-state index is -1.12. The van der Waals surface area contributed by atoms with Crippen LogP contribution in [0.3, 0.4) is 0 Å². The van der Waals surface area contributed by atoms with E-state index in [4.69, 9.17) is 10.00 Å². The third-order valence-corrected chi connectivity index (χ3v) is 3.84. The Morgan fingerprint density at radius 2 is 1.71 bits per heavy atom. The van der Waals surface area contributed by atoms with E-state index in [-0.39, 0.29) is 0 Å². The molecule has 2 aromatic rings. The standard InChI is InChI=1S/C18H19NO2/c1-12-10-17(21-4)13(2)9-16(12)18(3,20)15-7-5-14(11-19)6-8-15/h5-10,20H,1-4H3. The van der Waals surface area contributed by atoms with Gasteiger partial charge in [-0.3, -0.25) is 0 Å². The monoisotopic (exact) mass is 281 g/mol. The lowest BCUT2D eigenvalue weighted by Crippen LogP contribution is -2.24. The Bertz CT molecular complexity index is 694. The summed E-state index contributed by atoms with van der Waals surface area (Å²) in [5, 5.41) is 19.8. The lowest BCUT2D eigenvalue weighted by atomic mass is 9.84. The summed E-state index contributed by atoms with van der Waals surface area (Å²) in [7, 11) is 1.64. The van der Waals surface area contributed by atoms with Gasteiger partial charge in [0.2, 0.25) is 0 Å². The van der Waals surface area contributed by atoms with Gasteiger partial charge in [0.25, 0.3) is 0 Å². The molecule has 0 aliphatic rings. The van der Waals surface area contributed by atoms with Crippen molar-refractivity contribution in [3.63, 3.8) is 0 Å². The predicted octanol–water partition coefficient (Wildman–Crippen LogP) is 3.44. The number of ether oxygens (including phenoxy) is 1. The van der Waals surface area contributed by atoms with Crippen molar-refractivity contribution >= 4 is 0 Å². The summed E-state index contributed by atoms with van der Waals surface area (Å²) in [6.45, 7) is 5.68. The number of benzene rings is 2. The Kier molecular flexibility index (Phi) is 4.02. The van der Waals surface area contributed by atoms with Crippen molar-refractivity contribution < 1.29 is 9.84 Å². The smallest absolute Gasteiger partial charge is 0.122 e. The van der Waals surface area contributed by atoms with Crippen LogP contribution < -0.4 is 4.74 Å². The van der Waals surface area contributed by atoms with Gasteiger partial charge in [0.05, 0.1) is 18.7 Å². The molecule has 0 radical (unpaired) electrons. The molecule has 0 amide bonds. The largest absolute Gasteiger partial charge is 0.496 e. The summed E-state index contributed by atoms with van der Waals surface area (Å²) < 4.78 is 5.31. The zero-order valence-electron chi connectivity index (χ0n) is 12.8. The summed E-state index contributed by atoms with van der Waals surface area (Å²) in [6.07, 6.45) is 0. The second-order valence-corrected chi connectivity index (χ2v) is 5.40. The Morgan fingerprint density at radius 1 is 1.10 bits per heavy atom. The van der Waals surface area contributed by atoms with E-state index in [2.05, 4.69) is 6.07 Å². The molecule has 108 valence electrons. The van der Waals surface area contributed by atoms with Gasteiger partial charge in [-0.05, 0) is 67.3 Å². The van der Waals surface area contributed by atoms with Crippen LogP contribution in [0.25, 0.3) is 0 Å². The quantitative estimate of drug-likeness (QED) is 0.937. The number of hydrogen-bond acceptors (Lipinski definition) is 3. The summed E-state index contributed by atoms with van der Waals surface area (Å²) in [5.41, 5.74) is 3.01. The predicted molar refractivity (Wildman–Crippen MR) is 82.3 cm³/mol. The van der Waals surface area contributed by atoms with Crippen LogP contribution in [0.4, 0.5) is 0 Å². The van der Waals surface area contributed by atoms with E-state index < -0.39 is 5.60 Å². The van der Waals surface area contributed by atoms with Crippen molar-refractivity contribution in [2.24, 2.45) is 0 Å². The fraction of sp³-hybridized carbons (Fsp3) is 0.278. The zero-order chi connectivity index (χ0) is 15.6. The van der Waals surface area contributed by atoms with E-state index in [9.17, 15) is 5.11 Å². The van der Waals surface area contributed by atoms with Crippen LogP contribution in [0.1, 0.15) is 34.7 Å². The lowest BCUT2D eigenvalue weighted by molar-refractivity contribution is 0.101. The number of methoxy groups -OCH3 is 1. The van der Waals surface area contributed by atoms with Crippen LogP contribution in [0, 0.1) is 25.2 Å². The molecule has 3 nitrogen and oxygen atoms in total. The topological polar surface area (TPSA) is 53.2 Å². The van der Waals surface area contributed by atoms with Crippen molar-refractivity contribution in [1.82, 2.24) is 0 Å².